The molecule has 116 valence electrons. The fourth-order valence-electron chi connectivity index (χ4n) is 2.52. The molecule has 2 rings (SSSR count). The van der Waals surface area contributed by atoms with Crippen LogP contribution in [0.1, 0.15) is 30.3 Å². The van der Waals surface area contributed by atoms with Crippen LogP contribution in [0.3, 0.4) is 0 Å². The standard InChI is InChI=1S/C14H19ClN2O3S/c1-2-3-16-8-10(15)6-12(16)14(20)17-4-5-21-9-11(17)7-13(18)19/h6,8,11H,2-5,7,9H2,1H3,(H,18,19). The number of aliphatic carboxylic acids is 1. The van der Waals surface area contributed by atoms with Crippen molar-refractivity contribution in [3.63, 3.8) is 0 Å². The van der Waals surface area contributed by atoms with Crippen LogP contribution in [-0.2, 0) is 11.3 Å². The van der Waals surface area contributed by atoms with Gasteiger partial charge in [0.25, 0.3) is 5.91 Å². The predicted octanol–water partition coefficient (Wildman–Crippen LogP) is 2.58. The number of hydrogen-bond donors (Lipinski definition) is 1. The van der Waals surface area contributed by atoms with Gasteiger partial charge >= 0.3 is 5.97 Å². The number of nitrogens with zero attached hydrogens (tertiary/aromatic N) is 2. The molecular weight excluding hydrogens is 312 g/mol. The molecule has 1 unspecified atom stereocenters. The van der Waals surface area contributed by atoms with Gasteiger partial charge in [0.15, 0.2) is 0 Å². The van der Waals surface area contributed by atoms with Gasteiger partial charge in [0, 0.05) is 30.8 Å². The maximum atomic E-state index is 12.7. The number of carbonyl (C=O) groups excluding carboxylic acids is 1. The van der Waals surface area contributed by atoms with E-state index in [9.17, 15) is 9.59 Å². The number of amides is 1. The van der Waals surface area contributed by atoms with E-state index >= 15 is 0 Å². The summed E-state index contributed by atoms with van der Waals surface area (Å²) in [6, 6.07) is 1.41. The number of carbonyl (C=O) groups is 2. The molecule has 0 saturated carbocycles. The van der Waals surface area contributed by atoms with E-state index < -0.39 is 5.97 Å². The zero-order valence-corrected chi connectivity index (χ0v) is 13.5. The van der Waals surface area contributed by atoms with E-state index in [0.29, 0.717) is 23.0 Å². The molecular formula is C14H19ClN2O3S. The van der Waals surface area contributed by atoms with Crippen molar-refractivity contribution in [2.75, 3.05) is 18.1 Å². The average molecular weight is 331 g/mol. The van der Waals surface area contributed by atoms with Crippen LogP contribution in [0.15, 0.2) is 12.3 Å². The lowest BCUT2D eigenvalue weighted by atomic mass is 10.2. The van der Waals surface area contributed by atoms with Crippen molar-refractivity contribution in [1.29, 1.82) is 0 Å². The first kappa shape index (κ1) is 16.2. The number of aromatic nitrogens is 1. The molecule has 1 amide bonds. The van der Waals surface area contributed by atoms with Crippen molar-refractivity contribution in [2.24, 2.45) is 0 Å². The molecule has 1 aromatic rings. The normalized spacial score (nSPS) is 18.8. The van der Waals surface area contributed by atoms with Crippen molar-refractivity contribution in [3.8, 4) is 0 Å². The van der Waals surface area contributed by atoms with E-state index in [1.807, 2.05) is 11.5 Å². The third-order valence-electron chi connectivity index (χ3n) is 3.45. The highest BCUT2D eigenvalue weighted by Gasteiger charge is 2.30. The Morgan fingerprint density at radius 1 is 1.52 bits per heavy atom. The lowest BCUT2D eigenvalue weighted by molar-refractivity contribution is -0.138. The van der Waals surface area contributed by atoms with E-state index in [1.165, 1.54) is 0 Å². The Morgan fingerprint density at radius 3 is 2.95 bits per heavy atom. The van der Waals surface area contributed by atoms with Crippen LogP contribution in [0.2, 0.25) is 5.02 Å². The fraction of sp³-hybridized carbons (Fsp3) is 0.571. The van der Waals surface area contributed by atoms with E-state index in [-0.39, 0.29) is 18.4 Å². The molecule has 1 aromatic heterocycles. The van der Waals surface area contributed by atoms with Crippen molar-refractivity contribution < 1.29 is 14.7 Å². The molecule has 0 aliphatic carbocycles. The van der Waals surface area contributed by atoms with Crippen LogP contribution >= 0.6 is 23.4 Å². The second-order valence-electron chi connectivity index (χ2n) is 5.06. The average Bonchev–Trinajstić information content (AvgIpc) is 2.79. The van der Waals surface area contributed by atoms with Gasteiger partial charge in [-0.3, -0.25) is 9.59 Å². The summed E-state index contributed by atoms with van der Waals surface area (Å²) in [4.78, 5) is 25.4. The maximum Gasteiger partial charge on any atom is 0.305 e. The summed E-state index contributed by atoms with van der Waals surface area (Å²) in [5, 5.41) is 9.54. The van der Waals surface area contributed by atoms with Gasteiger partial charge in [-0.05, 0) is 12.5 Å². The summed E-state index contributed by atoms with van der Waals surface area (Å²) < 4.78 is 1.85. The second kappa shape index (κ2) is 7.22. The first-order valence-corrected chi connectivity index (χ1v) is 8.52. The Hall–Kier alpha value is -1.14. The van der Waals surface area contributed by atoms with E-state index in [2.05, 4.69) is 0 Å². The number of rotatable bonds is 5. The van der Waals surface area contributed by atoms with Crippen LogP contribution in [0.5, 0.6) is 0 Å². The highest BCUT2D eigenvalue weighted by Crippen LogP contribution is 2.23. The van der Waals surface area contributed by atoms with Gasteiger partial charge in [-0.25, -0.2) is 0 Å². The monoisotopic (exact) mass is 330 g/mol. The highest BCUT2D eigenvalue weighted by molar-refractivity contribution is 7.99. The highest BCUT2D eigenvalue weighted by atomic mass is 35.5. The molecule has 1 saturated heterocycles. The number of aryl methyl sites for hydroxylation is 1. The quantitative estimate of drug-likeness (QED) is 0.901. The molecule has 0 spiro atoms. The molecule has 1 N–H and O–H groups in total. The maximum absolute atomic E-state index is 12.7. The van der Waals surface area contributed by atoms with Crippen molar-refractivity contribution >= 4 is 35.2 Å². The molecule has 1 atom stereocenters. The molecule has 1 aliphatic heterocycles. The van der Waals surface area contributed by atoms with E-state index in [4.69, 9.17) is 16.7 Å². The Bertz CT molecular complexity index is 532. The third kappa shape index (κ3) is 3.95. The zero-order valence-electron chi connectivity index (χ0n) is 11.9. The van der Waals surface area contributed by atoms with Gasteiger partial charge in [0.1, 0.15) is 5.69 Å². The van der Waals surface area contributed by atoms with Crippen molar-refractivity contribution in [3.05, 3.63) is 23.0 Å². The lowest BCUT2D eigenvalue weighted by Gasteiger charge is -2.34. The molecule has 1 fully saturated rings. The largest absolute Gasteiger partial charge is 0.481 e. The van der Waals surface area contributed by atoms with Gasteiger partial charge in [-0.2, -0.15) is 11.8 Å². The molecule has 21 heavy (non-hydrogen) atoms. The van der Waals surface area contributed by atoms with Crippen molar-refractivity contribution in [1.82, 2.24) is 9.47 Å². The molecule has 5 nitrogen and oxygen atoms in total. The molecule has 0 aromatic carbocycles. The van der Waals surface area contributed by atoms with Gasteiger partial charge < -0.3 is 14.6 Å². The lowest BCUT2D eigenvalue weighted by Crippen LogP contribution is -2.47. The number of hydrogen-bond acceptors (Lipinski definition) is 3. The Labute approximate surface area is 133 Å². The van der Waals surface area contributed by atoms with Crippen LogP contribution in [-0.4, -0.2) is 50.5 Å². The van der Waals surface area contributed by atoms with E-state index in [0.717, 1.165) is 18.7 Å². The summed E-state index contributed by atoms with van der Waals surface area (Å²) in [7, 11) is 0. The Morgan fingerprint density at radius 2 is 2.29 bits per heavy atom. The minimum absolute atomic E-state index is 0.0129. The predicted molar refractivity (Wildman–Crippen MR) is 84.1 cm³/mol. The minimum atomic E-state index is -0.873. The number of carboxylic acids is 1. The summed E-state index contributed by atoms with van der Waals surface area (Å²) in [5.41, 5.74) is 0.545. The van der Waals surface area contributed by atoms with Gasteiger partial charge in [-0.1, -0.05) is 18.5 Å². The third-order valence-corrected chi connectivity index (χ3v) is 4.74. The zero-order chi connectivity index (χ0) is 15.4. The van der Waals surface area contributed by atoms with Gasteiger partial charge in [-0.15, -0.1) is 0 Å². The van der Waals surface area contributed by atoms with Crippen LogP contribution in [0, 0.1) is 0 Å². The van der Waals surface area contributed by atoms with Gasteiger partial charge in [0.2, 0.25) is 0 Å². The molecule has 0 bridgehead atoms. The summed E-state index contributed by atoms with van der Waals surface area (Å²) in [6.07, 6.45) is 2.64. The first-order valence-electron chi connectivity index (χ1n) is 6.99. The molecule has 0 radical (unpaired) electrons. The second-order valence-corrected chi connectivity index (χ2v) is 6.65. The molecule has 2 heterocycles. The fourth-order valence-corrected chi connectivity index (χ4v) is 3.80. The first-order chi connectivity index (χ1) is 10.0. The summed E-state index contributed by atoms with van der Waals surface area (Å²) >= 11 is 7.71. The minimum Gasteiger partial charge on any atom is -0.481 e. The SMILES string of the molecule is CCCn1cc(Cl)cc1C(=O)N1CCSCC1CC(=O)O. The van der Waals surface area contributed by atoms with Crippen molar-refractivity contribution in [2.45, 2.75) is 32.4 Å². The number of halogens is 1. The molecule has 7 heteroatoms. The smallest absolute Gasteiger partial charge is 0.305 e. The summed E-state index contributed by atoms with van der Waals surface area (Å²) in [5.74, 6) is 0.508. The Balaban J connectivity index is 2.22. The topological polar surface area (TPSA) is 62.5 Å². The van der Waals surface area contributed by atoms with Crippen LogP contribution in [0.25, 0.3) is 0 Å². The van der Waals surface area contributed by atoms with E-state index in [1.54, 1.807) is 28.9 Å². The van der Waals surface area contributed by atoms with Crippen LogP contribution in [0.4, 0.5) is 0 Å². The molecule has 1 aliphatic rings. The number of thioether (sulfide) groups is 1. The van der Waals surface area contributed by atoms with Crippen LogP contribution < -0.4 is 0 Å². The Kier molecular flexibility index (Phi) is 5.58. The summed E-state index contributed by atoms with van der Waals surface area (Å²) in [6.45, 7) is 3.34. The number of carboxylic acid groups (broad SMARTS) is 1. The van der Waals surface area contributed by atoms with Gasteiger partial charge in [0.05, 0.1) is 17.5 Å².